The zero-order valence-corrected chi connectivity index (χ0v) is 17.0. The van der Waals surface area contributed by atoms with Crippen molar-refractivity contribution in [3.63, 3.8) is 0 Å². The minimum absolute atomic E-state index is 0.149. The molecule has 30 heavy (non-hydrogen) atoms. The smallest absolute Gasteiger partial charge is 0.234 e. The molecule has 6 nitrogen and oxygen atoms in total. The van der Waals surface area contributed by atoms with Crippen LogP contribution in [0.4, 0.5) is 5.69 Å². The van der Waals surface area contributed by atoms with Crippen LogP contribution in [0.5, 0.6) is 5.75 Å². The van der Waals surface area contributed by atoms with Crippen LogP contribution < -0.4 is 10.1 Å². The number of hydrogen-bond donors (Lipinski definition) is 2. The molecular formula is C23H18N4O2S. The number of rotatable bonds is 6. The summed E-state index contributed by atoms with van der Waals surface area (Å²) in [5.74, 6) is 0.749. The second-order valence-electron chi connectivity index (χ2n) is 6.51. The Morgan fingerprint density at radius 1 is 1.17 bits per heavy atom. The molecule has 2 aromatic carbocycles. The predicted octanol–water partition coefficient (Wildman–Crippen LogP) is 4.84. The van der Waals surface area contributed by atoms with Crippen LogP contribution in [-0.2, 0) is 4.79 Å². The molecule has 7 heteroatoms. The van der Waals surface area contributed by atoms with Gasteiger partial charge in [0.25, 0.3) is 0 Å². The molecule has 0 fully saturated rings. The summed E-state index contributed by atoms with van der Waals surface area (Å²) in [6.07, 6.45) is 1.86. The number of pyridine rings is 1. The van der Waals surface area contributed by atoms with Gasteiger partial charge in [-0.2, -0.15) is 5.26 Å². The minimum atomic E-state index is -0.161. The Morgan fingerprint density at radius 2 is 2.00 bits per heavy atom. The Balaban J connectivity index is 1.47. The SMILES string of the molecule is COc1ccc(-c2ccc(C#N)c(SCC(=O)Nc3ccc4cc[nH]c4c3)n2)cc1. The third-order valence-electron chi connectivity index (χ3n) is 4.55. The van der Waals surface area contributed by atoms with Crippen molar-refractivity contribution in [2.45, 2.75) is 5.03 Å². The number of nitriles is 1. The molecule has 0 saturated heterocycles. The van der Waals surface area contributed by atoms with E-state index in [-0.39, 0.29) is 11.7 Å². The summed E-state index contributed by atoms with van der Waals surface area (Å²) < 4.78 is 5.18. The predicted molar refractivity (Wildman–Crippen MR) is 119 cm³/mol. The lowest BCUT2D eigenvalue weighted by atomic mass is 10.1. The highest BCUT2D eigenvalue weighted by atomic mass is 32.2. The van der Waals surface area contributed by atoms with Crippen LogP contribution in [0.25, 0.3) is 22.2 Å². The van der Waals surface area contributed by atoms with E-state index in [2.05, 4.69) is 21.4 Å². The van der Waals surface area contributed by atoms with Gasteiger partial charge in [-0.1, -0.05) is 17.8 Å². The first-order valence-corrected chi connectivity index (χ1v) is 10.2. The number of H-pyrrole nitrogens is 1. The van der Waals surface area contributed by atoms with Crippen molar-refractivity contribution >= 4 is 34.3 Å². The van der Waals surface area contributed by atoms with Crippen LogP contribution in [-0.4, -0.2) is 28.7 Å². The number of methoxy groups -OCH3 is 1. The number of carbonyl (C=O) groups excluding carboxylic acids is 1. The van der Waals surface area contributed by atoms with Gasteiger partial charge in [-0.15, -0.1) is 0 Å². The highest BCUT2D eigenvalue weighted by molar-refractivity contribution is 8.00. The second kappa shape index (κ2) is 8.72. The monoisotopic (exact) mass is 414 g/mol. The maximum Gasteiger partial charge on any atom is 0.234 e. The zero-order chi connectivity index (χ0) is 20.9. The average molecular weight is 414 g/mol. The number of thioether (sulfide) groups is 1. The molecule has 0 atom stereocenters. The van der Waals surface area contributed by atoms with Crippen molar-refractivity contribution < 1.29 is 9.53 Å². The van der Waals surface area contributed by atoms with Crippen LogP contribution in [0.3, 0.4) is 0 Å². The molecule has 0 bridgehead atoms. The molecule has 0 aliphatic rings. The zero-order valence-electron chi connectivity index (χ0n) is 16.2. The minimum Gasteiger partial charge on any atom is -0.497 e. The first-order valence-electron chi connectivity index (χ1n) is 9.21. The molecule has 0 spiro atoms. The van der Waals surface area contributed by atoms with Gasteiger partial charge < -0.3 is 15.0 Å². The average Bonchev–Trinajstić information content (AvgIpc) is 3.25. The number of anilines is 1. The fourth-order valence-electron chi connectivity index (χ4n) is 3.01. The Labute approximate surface area is 177 Å². The van der Waals surface area contributed by atoms with E-state index in [1.165, 1.54) is 11.8 Å². The van der Waals surface area contributed by atoms with E-state index < -0.39 is 0 Å². The van der Waals surface area contributed by atoms with Crippen molar-refractivity contribution in [3.8, 4) is 23.1 Å². The third-order valence-corrected chi connectivity index (χ3v) is 5.54. The normalized spacial score (nSPS) is 10.5. The van der Waals surface area contributed by atoms with Crippen molar-refractivity contribution in [1.29, 1.82) is 5.26 Å². The molecule has 148 valence electrons. The summed E-state index contributed by atoms with van der Waals surface area (Å²) in [6.45, 7) is 0. The van der Waals surface area contributed by atoms with Crippen LogP contribution in [0, 0.1) is 11.3 Å². The molecule has 0 radical (unpaired) electrons. The number of carbonyl (C=O) groups is 1. The van der Waals surface area contributed by atoms with Crippen molar-refractivity contribution in [2.75, 3.05) is 18.2 Å². The van der Waals surface area contributed by atoms with Crippen LogP contribution in [0.2, 0.25) is 0 Å². The maximum absolute atomic E-state index is 12.4. The van der Waals surface area contributed by atoms with Gasteiger partial charge in [0.15, 0.2) is 0 Å². The summed E-state index contributed by atoms with van der Waals surface area (Å²) in [4.78, 5) is 20.1. The molecule has 0 aliphatic carbocycles. The summed E-state index contributed by atoms with van der Waals surface area (Å²) in [6, 6.07) is 20.9. The lowest BCUT2D eigenvalue weighted by molar-refractivity contribution is -0.113. The van der Waals surface area contributed by atoms with Crippen LogP contribution in [0.15, 0.2) is 71.9 Å². The first kappa shape index (κ1) is 19.6. The standard InChI is InChI=1S/C23H18N4O2S/c1-29-19-7-3-15(4-8-19)20-9-5-17(13-24)23(27-20)30-14-22(28)26-18-6-2-16-10-11-25-21(16)12-18/h2-12,25H,14H2,1H3,(H,26,28). The van der Waals surface area contributed by atoms with Gasteiger partial charge in [0.05, 0.1) is 24.1 Å². The number of hydrogen-bond acceptors (Lipinski definition) is 5. The summed E-state index contributed by atoms with van der Waals surface area (Å²) >= 11 is 1.24. The Morgan fingerprint density at radius 3 is 2.77 bits per heavy atom. The van der Waals surface area contributed by atoms with Crippen LogP contribution in [0.1, 0.15) is 5.56 Å². The van der Waals surface area contributed by atoms with Gasteiger partial charge in [0.2, 0.25) is 5.91 Å². The van der Waals surface area contributed by atoms with Crippen molar-refractivity contribution in [2.24, 2.45) is 0 Å². The van der Waals surface area contributed by atoms with Crippen molar-refractivity contribution in [1.82, 2.24) is 9.97 Å². The number of aromatic nitrogens is 2. The number of amides is 1. The highest BCUT2D eigenvalue weighted by Gasteiger charge is 2.11. The Bertz CT molecular complexity index is 1240. The van der Waals surface area contributed by atoms with Gasteiger partial charge in [0, 0.05) is 23.0 Å². The molecule has 0 aliphatic heterocycles. The largest absolute Gasteiger partial charge is 0.497 e. The second-order valence-corrected chi connectivity index (χ2v) is 7.47. The van der Waals surface area contributed by atoms with Crippen molar-refractivity contribution in [3.05, 3.63) is 72.4 Å². The van der Waals surface area contributed by atoms with E-state index in [1.54, 1.807) is 19.2 Å². The molecule has 2 aromatic heterocycles. The van der Waals surface area contributed by atoms with E-state index in [9.17, 15) is 10.1 Å². The van der Waals surface area contributed by atoms with Gasteiger partial charge in [0.1, 0.15) is 16.8 Å². The van der Waals surface area contributed by atoms with E-state index in [4.69, 9.17) is 4.74 Å². The van der Waals surface area contributed by atoms with E-state index in [1.807, 2.05) is 54.7 Å². The quantitative estimate of drug-likeness (QED) is 0.441. The molecule has 2 N–H and O–H groups in total. The van der Waals surface area contributed by atoms with Gasteiger partial charge >= 0.3 is 0 Å². The number of benzene rings is 2. The molecule has 4 rings (SSSR count). The fourth-order valence-corrected chi connectivity index (χ4v) is 3.79. The molecule has 1 amide bonds. The molecule has 2 heterocycles. The fraction of sp³-hybridized carbons (Fsp3) is 0.0870. The molecule has 0 saturated carbocycles. The number of fused-ring (bicyclic) bond motifs is 1. The lowest BCUT2D eigenvalue weighted by Crippen LogP contribution is -2.14. The van der Waals surface area contributed by atoms with Gasteiger partial charge in [-0.3, -0.25) is 4.79 Å². The number of aromatic amines is 1. The Hall–Kier alpha value is -3.76. The lowest BCUT2D eigenvalue weighted by Gasteiger charge is -2.08. The number of nitrogens with one attached hydrogen (secondary N) is 2. The maximum atomic E-state index is 12.4. The summed E-state index contributed by atoms with van der Waals surface area (Å²) in [5.41, 5.74) is 3.76. The third kappa shape index (κ3) is 4.29. The highest BCUT2D eigenvalue weighted by Crippen LogP contribution is 2.27. The van der Waals surface area contributed by atoms with E-state index in [0.29, 0.717) is 10.6 Å². The molecular weight excluding hydrogens is 396 g/mol. The number of nitrogens with zero attached hydrogens (tertiary/aromatic N) is 2. The number of ether oxygens (including phenoxy) is 1. The Kier molecular flexibility index (Phi) is 5.68. The summed E-state index contributed by atoms with van der Waals surface area (Å²) in [7, 11) is 1.62. The van der Waals surface area contributed by atoms with E-state index in [0.717, 1.165) is 33.6 Å². The topological polar surface area (TPSA) is 90.8 Å². The van der Waals surface area contributed by atoms with Gasteiger partial charge in [-0.05, 0) is 60.0 Å². The summed E-state index contributed by atoms with van der Waals surface area (Å²) in [5, 5.41) is 13.9. The first-order chi connectivity index (χ1) is 14.7. The van der Waals surface area contributed by atoms with E-state index >= 15 is 0 Å². The van der Waals surface area contributed by atoms with Gasteiger partial charge in [-0.25, -0.2) is 4.98 Å². The molecule has 0 unspecified atom stereocenters. The van der Waals surface area contributed by atoms with Crippen LogP contribution >= 0.6 is 11.8 Å². The molecule has 4 aromatic rings.